The molecule has 2 N–H and O–H groups in total. The Bertz CT molecular complexity index is 722. The maximum absolute atomic E-state index is 12.7. The van der Waals surface area contributed by atoms with Crippen LogP contribution in [0.15, 0.2) is 40.6 Å². The fourth-order valence-corrected chi connectivity index (χ4v) is 5.43. The van der Waals surface area contributed by atoms with Crippen LogP contribution in [0.1, 0.15) is 10.4 Å². The normalized spacial score (nSPS) is 14.6. The van der Waals surface area contributed by atoms with Gasteiger partial charge in [0.2, 0.25) is 0 Å². The molecule has 6 heteroatoms. The zero-order valence-electron chi connectivity index (χ0n) is 11.0. The van der Waals surface area contributed by atoms with E-state index in [9.17, 15) is 8.42 Å². The summed E-state index contributed by atoms with van der Waals surface area (Å²) in [7, 11) is -3.44. The number of fused-ring (bicyclic) bond motifs is 1. The van der Waals surface area contributed by atoms with Crippen LogP contribution in [-0.4, -0.2) is 21.5 Å². The Hall–Kier alpha value is -1.37. The summed E-state index contributed by atoms with van der Waals surface area (Å²) in [5, 5.41) is 0. The number of sulfonamides is 1. The predicted molar refractivity (Wildman–Crippen MR) is 81.8 cm³/mol. The number of nitrogens with zero attached hydrogens (tertiary/aromatic N) is 1. The first kappa shape index (κ1) is 13.6. The zero-order valence-corrected chi connectivity index (χ0v) is 12.6. The zero-order chi connectivity index (χ0) is 14.2. The molecule has 0 fully saturated rings. The highest BCUT2D eigenvalue weighted by Gasteiger charge is 2.31. The number of hydrogen-bond donors (Lipinski definition) is 1. The molecule has 1 aromatic heterocycles. The van der Waals surface area contributed by atoms with Gasteiger partial charge in [-0.3, -0.25) is 4.31 Å². The van der Waals surface area contributed by atoms with Gasteiger partial charge in [-0.1, -0.05) is 18.2 Å². The highest BCUT2D eigenvalue weighted by atomic mass is 32.2. The number of rotatable bonds is 4. The predicted octanol–water partition coefficient (Wildman–Crippen LogP) is 2.00. The second kappa shape index (κ2) is 5.20. The van der Waals surface area contributed by atoms with E-state index in [2.05, 4.69) is 0 Å². The molecule has 2 aromatic rings. The van der Waals surface area contributed by atoms with Gasteiger partial charge >= 0.3 is 0 Å². The summed E-state index contributed by atoms with van der Waals surface area (Å²) in [6.45, 7) is 1.05. The molecule has 0 aliphatic carbocycles. The minimum absolute atomic E-state index is 0.401. The lowest BCUT2D eigenvalue weighted by Crippen LogP contribution is -2.28. The lowest BCUT2D eigenvalue weighted by molar-refractivity contribution is 0.594. The Morgan fingerprint density at radius 3 is 2.80 bits per heavy atom. The van der Waals surface area contributed by atoms with Crippen LogP contribution in [0.25, 0.3) is 0 Å². The molecule has 0 radical (unpaired) electrons. The summed E-state index contributed by atoms with van der Waals surface area (Å²) >= 11 is 1.32. The maximum Gasteiger partial charge on any atom is 0.273 e. The highest BCUT2D eigenvalue weighted by molar-refractivity contribution is 7.94. The van der Waals surface area contributed by atoms with Gasteiger partial charge in [0.05, 0.1) is 5.69 Å². The van der Waals surface area contributed by atoms with Gasteiger partial charge in [-0.25, -0.2) is 8.42 Å². The molecule has 1 aromatic carbocycles. The number of anilines is 1. The van der Waals surface area contributed by atoms with Gasteiger partial charge < -0.3 is 5.73 Å². The summed E-state index contributed by atoms with van der Waals surface area (Å²) in [4.78, 5) is 1.01. The second-order valence-corrected chi connectivity index (χ2v) is 7.97. The van der Waals surface area contributed by atoms with E-state index >= 15 is 0 Å². The molecule has 0 saturated carbocycles. The minimum Gasteiger partial charge on any atom is -0.330 e. The molecule has 0 bridgehead atoms. The molecule has 0 atom stereocenters. The first-order valence-electron chi connectivity index (χ1n) is 6.52. The molecule has 1 aliphatic heterocycles. The maximum atomic E-state index is 12.7. The highest BCUT2D eigenvalue weighted by Crippen LogP contribution is 2.34. The van der Waals surface area contributed by atoms with Gasteiger partial charge in [0, 0.05) is 11.4 Å². The van der Waals surface area contributed by atoms with Crippen LogP contribution < -0.4 is 10.0 Å². The number of thiophene rings is 1. The molecule has 3 rings (SSSR count). The molecule has 4 nitrogen and oxygen atoms in total. The molecular formula is C14H16N2O2S2. The van der Waals surface area contributed by atoms with E-state index in [0.29, 0.717) is 17.3 Å². The van der Waals surface area contributed by atoms with Gasteiger partial charge in [-0.15, -0.1) is 11.3 Å². The Kier molecular flexibility index (Phi) is 3.54. The van der Waals surface area contributed by atoms with Crippen molar-refractivity contribution in [2.45, 2.75) is 17.1 Å². The van der Waals surface area contributed by atoms with Gasteiger partial charge in [0.1, 0.15) is 4.21 Å². The fraction of sp³-hybridized carbons (Fsp3) is 0.286. The third-order valence-electron chi connectivity index (χ3n) is 3.42. The van der Waals surface area contributed by atoms with Gasteiger partial charge in [-0.05, 0) is 43.1 Å². The van der Waals surface area contributed by atoms with Crippen molar-refractivity contribution in [1.82, 2.24) is 0 Å². The standard InChI is InChI=1S/C14H16N2O2S2/c15-9-7-12-5-6-14(19-12)20(17,18)16-10-8-11-3-1-2-4-13(11)16/h1-6H,7-10,15H2. The van der Waals surface area contributed by atoms with Crippen molar-refractivity contribution >= 4 is 27.0 Å². The summed E-state index contributed by atoms with van der Waals surface area (Å²) < 4.78 is 27.4. The number of hydrogen-bond acceptors (Lipinski definition) is 4. The molecule has 0 unspecified atom stereocenters. The van der Waals surface area contributed by atoms with Gasteiger partial charge in [0.25, 0.3) is 10.0 Å². The van der Waals surface area contributed by atoms with Crippen LogP contribution in [0.5, 0.6) is 0 Å². The number of para-hydroxylation sites is 1. The molecule has 106 valence electrons. The lowest BCUT2D eigenvalue weighted by Gasteiger charge is -2.18. The Morgan fingerprint density at radius 1 is 1.20 bits per heavy atom. The van der Waals surface area contributed by atoms with Crippen LogP contribution in [0, 0.1) is 0 Å². The van der Waals surface area contributed by atoms with Crippen molar-refractivity contribution in [3.63, 3.8) is 0 Å². The molecule has 0 spiro atoms. The molecule has 1 aliphatic rings. The molecule has 0 amide bonds. The van der Waals surface area contributed by atoms with Crippen molar-refractivity contribution in [3.05, 3.63) is 46.8 Å². The monoisotopic (exact) mass is 308 g/mol. The summed E-state index contributed by atoms with van der Waals surface area (Å²) in [5.41, 5.74) is 7.41. The summed E-state index contributed by atoms with van der Waals surface area (Å²) in [6, 6.07) is 11.2. The Labute approximate surface area is 122 Å². The summed E-state index contributed by atoms with van der Waals surface area (Å²) in [5.74, 6) is 0. The second-order valence-electron chi connectivity index (χ2n) is 4.72. The first-order chi connectivity index (χ1) is 9.63. The summed E-state index contributed by atoms with van der Waals surface area (Å²) in [6.07, 6.45) is 1.49. The lowest BCUT2D eigenvalue weighted by atomic mass is 10.2. The molecule has 20 heavy (non-hydrogen) atoms. The molecule has 0 saturated heterocycles. The van der Waals surface area contributed by atoms with Crippen LogP contribution in [0.2, 0.25) is 0 Å². The van der Waals surface area contributed by atoms with E-state index < -0.39 is 10.0 Å². The van der Waals surface area contributed by atoms with Crippen LogP contribution in [-0.2, 0) is 22.9 Å². The van der Waals surface area contributed by atoms with E-state index in [1.54, 1.807) is 6.07 Å². The van der Waals surface area contributed by atoms with Crippen LogP contribution in [0.3, 0.4) is 0 Å². The van der Waals surface area contributed by atoms with Crippen molar-refractivity contribution in [2.24, 2.45) is 5.73 Å². The molecular weight excluding hydrogens is 292 g/mol. The van der Waals surface area contributed by atoms with E-state index in [4.69, 9.17) is 5.73 Å². The average molecular weight is 308 g/mol. The molecule has 2 heterocycles. The van der Waals surface area contributed by atoms with E-state index in [-0.39, 0.29) is 0 Å². The van der Waals surface area contributed by atoms with E-state index in [1.165, 1.54) is 15.6 Å². The van der Waals surface area contributed by atoms with Crippen molar-refractivity contribution in [2.75, 3.05) is 17.4 Å². The number of benzene rings is 1. The topological polar surface area (TPSA) is 63.4 Å². The number of nitrogens with two attached hydrogens (primary N) is 1. The average Bonchev–Trinajstić information content (AvgIpc) is 3.05. The van der Waals surface area contributed by atoms with Gasteiger partial charge in [-0.2, -0.15) is 0 Å². The smallest absolute Gasteiger partial charge is 0.273 e. The van der Waals surface area contributed by atoms with E-state index in [1.807, 2.05) is 30.3 Å². The van der Waals surface area contributed by atoms with Crippen molar-refractivity contribution < 1.29 is 8.42 Å². The quantitative estimate of drug-likeness (QED) is 0.939. The van der Waals surface area contributed by atoms with Crippen LogP contribution in [0.4, 0.5) is 5.69 Å². The third kappa shape index (κ3) is 2.24. The van der Waals surface area contributed by atoms with Crippen molar-refractivity contribution in [1.29, 1.82) is 0 Å². The Balaban J connectivity index is 1.96. The van der Waals surface area contributed by atoms with Crippen molar-refractivity contribution in [3.8, 4) is 0 Å². The SMILES string of the molecule is NCCc1ccc(S(=O)(=O)N2CCc3ccccc32)s1. The third-order valence-corrected chi connectivity index (χ3v) is 6.84. The van der Waals surface area contributed by atoms with Gasteiger partial charge in [0.15, 0.2) is 0 Å². The van der Waals surface area contributed by atoms with Crippen LogP contribution >= 0.6 is 11.3 Å². The Morgan fingerprint density at radius 2 is 2.00 bits per heavy atom. The first-order valence-corrected chi connectivity index (χ1v) is 8.78. The van der Waals surface area contributed by atoms with E-state index in [0.717, 1.165) is 29.0 Å². The minimum atomic E-state index is -3.44. The fourth-order valence-electron chi connectivity index (χ4n) is 2.44. The largest absolute Gasteiger partial charge is 0.330 e.